The normalized spacial score (nSPS) is 11.9. The van der Waals surface area contributed by atoms with Crippen LogP contribution in [0.25, 0.3) is 10.8 Å². The topological polar surface area (TPSA) is 55.4 Å². The zero-order chi connectivity index (χ0) is 27.7. The van der Waals surface area contributed by atoms with Crippen LogP contribution in [0.1, 0.15) is 63.9 Å². The van der Waals surface area contributed by atoms with Crippen LogP contribution in [0.2, 0.25) is 0 Å². The molecule has 0 aliphatic rings. The van der Waals surface area contributed by atoms with Gasteiger partial charge in [-0.1, -0.05) is 87.9 Å². The molecular weight excluding hydrogens is 505 g/mol. The highest BCUT2D eigenvalue weighted by atomic mass is 19.2. The van der Waals surface area contributed by atoms with Gasteiger partial charge in [-0.25, -0.2) is 18.0 Å². The third kappa shape index (κ3) is 7.52. The van der Waals surface area contributed by atoms with Crippen molar-refractivity contribution in [3.63, 3.8) is 0 Å². The number of unbranched alkanes of at least 4 members (excludes halogenated alkanes) is 6. The molecule has 0 aromatic heterocycles. The quantitative estimate of drug-likeness (QED) is 0.0624. The molecule has 1 N–H and O–H groups in total. The van der Waals surface area contributed by atoms with E-state index in [9.17, 15) is 31.5 Å². The number of fused-ring (bicyclic) bond motifs is 1. The number of hydrogen-bond donors (Lipinski definition) is 1. The van der Waals surface area contributed by atoms with Crippen molar-refractivity contribution in [2.75, 3.05) is 0 Å². The van der Waals surface area contributed by atoms with E-state index in [1.54, 1.807) is 18.2 Å². The van der Waals surface area contributed by atoms with Gasteiger partial charge < -0.3 is 10.1 Å². The van der Waals surface area contributed by atoms with Gasteiger partial charge in [-0.3, -0.25) is 4.79 Å². The van der Waals surface area contributed by atoms with Crippen LogP contribution in [0.5, 0.6) is 5.75 Å². The van der Waals surface area contributed by atoms with Gasteiger partial charge in [0.2, 0.25) is 40.7 Å². The molecule has 0 aliphatic heterocycles. The zero-order valence-electron chi connectivity index (χ0n) is 21.1. The number of rotatable bonds is 13. The number of amides is 1. The molecule has 3 aromatic carbocycles. The number of nitrogens with one attached hydrogen (secondary N) is 1. The predicted octanol–water partition coefficient (Wildman–Crippen LogP) is 7.31. The Morgan fingerprint density at radius 3 is 2.00 bits per heavy atom. The summed E-state index contributed by atoms with van der Waals surface area (Å²) in [5, 5.41) is 4.29. The van der Waals surface area contributed by atoms with E-state index in [4.69, 9.17) is 0 Å². The summed E-state index contributed by atoms with van der Waals surface area (Å²) in [4.78, 5) is 25.5. The number of esters is 1. The molecule has 4 nitrogen and oxygen atoms in total. The number of ether oxygens (including phenoxy) is 1. The van der Waals surface area contributed by atoms with E-state index in [-0.39, 0.29) is 12.8 Å². The minimum Gasteiger partial charge on any atom is -0.418 e. The molecule has 0 spiro atoms. The van der Waals surface area contributed by atoms with Crippen LogP contribution in [0, 0.1) is 29.1 Å². The largest absolute Gasteiger partial charge is 0.418 e. The average Bonchev–Trinajstić information content (AvgIpc) is 2.92. The van der Waals surface area contributed by atoms with E-state index >= 15 is 0 Å². The standard InChI is InChI=1S/C29H30F5NO3/c1-2-3-4-5-6-7-8-13-22(36)35-21(17-18-14-15-19-11-9-10-12-20(19)16-18)29(37)38-28-26(33)24(31)23(30)25(32)27(28)34/h9-12,14-16,21H,2-8,13,17H2,1H3,(H,35,36). The van der Waals surface area contributed by atoms with E-state index in [1.807, 2.05) is 24.3 Å². The van der Waals surface area contributed by atoms with Crippen molar-refractivity contribution >= 4 is 22.6 Å². The summed E-state index contributed by atoms with van der Waals surface area (Å²) in [7, 11) is 0. The van der Waals surface area contributed by atoms with Crippen LogP contribution >= 0.6 is 0 Å². The van der Waals surface area contributed by atoms with Crippen molar-refractivity contribution in [1.29, 1.82) is 0 Å². The van der Waals surface area contributed by atoms with Crippen molar-refractivity contribution in [1.82, 2.24) is 5.32 Å². The van der Waals surface area contributed by atoms with Crippen molar-refractivity contribution in [3.05, 3.63) is 77.1 Å². The van der Waals surface area contributed by atoms with Gasteiger partial charge in [0, 0.05) is 12.8 Å². The van der Waals surface area contributed by atoms with Crippen LogP contribution in [0.15, 0.2) is 42.5 Å². The second-order valence-corrected chi connectivity index (χ2v) is 9.20. The first-order chi connectivity index (χ1) is 18.2. The summed E-state index contributed by atoms with van der Waals surface area (Å²) >= 11 is 0. The molecule has 1 atom stereocenters. The number of hydrogen-bond acceptors (Lipinski definition) is 3. The Morgan fingerprint density at radius 2 is 1.34 bits per heavy atom. The molecule has 9 heteroatoms. The maximum Gasteiger partial charge on any atom is 0.334 e. The molecule has 0 saturated carbocycles. The summed E-state index contributed by atoms with van der Waals surface area (Å²) in [6.07, 6.45) is 6.82. The third-order valence-corrected chi connectivity index (χ3v) is 6.25. The molecule has 0 saturated heterocycles. The first-order valence-electron chi connectivity index (χ1n) is 12.7. The van der Waals surface area contributed by atoms with Gasteiger partial charge in [0.15, 0.2) is 0 Å². The highest BCUT2D eigenvalue weighted by Crippen LogP contribution is 2.29. The molecule has 0 aliphatic carbocycles. The van der Waals surface area contributed by atoms with Crippen molar-refractivity contribution in [3.8, 4) is 5.75 Å². The second-order valence-electron chi connectivity index (χ2n) is 9.20. The minimum absolute atomic E-state index is 0.109. The van der Waals surface area contributed by atoms with E-state index in [2.05, 4.69) is 17.0 Å². The molecule has 0 fully saturated rings. The molecule has 0 radical (unpaired) electrons. The van der Waals surface area contributed by atoms with Crippen LogP contribution in [0.3, 0.4) is 0 Å². The third-order valence-electron chi connectivity index (χ3n) is 6.25. The zero-order valence-corrected chi connectivity index (χ0v) is 21.1. The summed E-state index contributed by atoms with van der Waals surface area (Å²) < 4.78 is 73.5. The molecule has 3 rings (SSSR count). The van der Waals surface area contributed by atoms with E-state index < -0.39 is 52.8 Å². The van der Waals surface area contributed by atoms with Crippen molar-refractivity contribution in [2.24, 2.45) is 0 Å². The first kappa shape index (κ1) is 29.1. The summed E-state index contributed by atoms with van der Waals surface area (Å²) in [6.45, 7) is 2.12. The Hall–Kier alpha value is -3.49. The van der Waals surface area contributed by atoms with Gasteiger partial charge in [-0.15, -0.1) is 0 Å². The number of benzene rings is 3. The lowest BCUT2D eigenvalue weighted by Crippen LogP contribution is -2.44. The molecule has 0 heterocycles. The Kier molecular flexibility index (Phi) is 10.6. The number of carbonyl (C=O) groups excluding carboxylic acids is 2. The van der Waals surface area contributed by atoms with E-state index in [0.717, 1.165) is 49.3 Å². The maximum absolute atomic E-state index is 14.1. The number of halogens is 5. The molecule has 0 bridgehead atoms. The SMILES string of the molecule is CCCCCCCCCC(=O)NC(Cc1ccc2ccccc2c1)C(=O)Oc1c(F)c(F)c(F)c(F)c1F. The monoisotopic (exact) mass is 535 g/mol. The first-order valence-corrected chi connectivity index (χ1v) is 12.7. The number of carbonyl (C=O) groups is 2. The fourth-order valence-corrected chi connectivity index (χ4v) is 4.15. The smallest absolute Gasteiger partial charge is 0.334 e. The average molecular weight is 536 g/mol. The maximum atomic E-state index is 14.1. The van der Waals surface area contributed by atoms with Crippen LogP contribution in [-0.4, -0.2) is 17.9 Å². The van der Waals surface area contributed by atoms with E-state index in [0.29, 0.717) is 12.0 Å². The Bertz CT molecular complexity index is 1250. The van der Waals surface area contributed by atoms with Crippen LogP contribution in [-0.2, 0) is 16.0 Å². The molecular formula is C29H30F5NO3. The lowest BCUT2D eigenvalue weighted by molar-refractivity contribution is -0.139. The van der Waals surface area contributed by atoms with Gasteiger partial charge in [-0.05, 0) is 22.8 Å². The van der Waals surface area contributed by atoms with Gasteiger partial charge >= 0.3 is 5.97 Å². The van der Waals surface area contributed by atoms with Crippen LogP contribution in [0.4, 0.5) is 22.0 Å². The minimum atomic E-state index is -2.37. The summed E-state index contributed by atoms with van der Waals surface area (Å²) in [5.74, 6) is -14.9. The molecule has 204 valence electrons. The Morgan fingerprint density at radius 1 is 0.763 bits per heavy atom. The summed E-state index contributed by atoms with van der Waals surface area (Å²) in [5.41, 5.74) is 0.597. The summed E-state index contributed by atoms with van der Waals surface area (Å²) in [6, 6.07) is 11.3. The van der Waals surface area contributed by atoms with Gasteiger partial charge in [0.05, 0.1) is 0 Å². The van der Waals surface area contributed by atoms with Crippen molar-refractivity contribution < 1.29 is 36.3 Å². The van der Waals surface area contributed by atoms with Gasteiger partial charge in [0.25, 0.3) is 0 Å². The lowest BCUT2D eigenvalue weighted by Gasteiger charge is -2.19. The molecule has 1 amide bonds. The predicted molar refractivity (Wildman–Crippen MR) is 134 cm³/mol. The second kappa shape index (κ2) is 13.9. The van der Waals surface area contributed by atoms with Crippen molar-refractivity contribution in [2.45, 2.75) is 70.8 Å². The fourth-order valence-electron chi connectivity index (χ4n) is 4.15. The molecule has 1 unspecified atom stereocenters. The Balaban J connectivity index is 1.75. The highest BCUT2D eigenvalue weighted by molar-refractivity contribution is 5.87. The van der Waals surface area contributed by atoms with E-state index in [1.165, 1.54) is 0 Å². The lowest BCUT2D eigenvalue weighted by atomic mass is 10.0. The highest BCUT2D eigenvalue weighted by Gasteiger charge is 2.31. The Labute approximate surface area is 218 Å². The fraction of sp³-hybridized carbons (Fsp3) is 0.379. The van der Waals surface area contributed by atoms with Gasteiger partial charge in [0.1, 0.15) is 6.04 Å². The van der Waals surface area contributed by atoms with Crippen LogP contribution < -0.4 is 10.1 Å². The molecule has 38 heavy (non-hydrogen) atoms. The van der Waals surface area contributed by atoms with Gasteiger partial charge in [-0.2, -0.15) is 8.78 Å². The molecule has 3 aromatic rings.